The first kappa shape index (κ1) is 23.0. The van der Waals surface area contributed by atoms with E-state index in [-0.39, 0.29) is 5.92 Å². The number of nitriles is 2. The number of ether oxygens (including phenoxy) is 1. The van der Waals surface area contributed by atoms with E-state index in [9.17, 15) is 20.4 Å². The van der Waals surface area contributed by atoms with Crippen LogP contribution in [0, 0.1) is 22.7 Å². The average molecular weight is 453 g/mol. The fourth-order valence-corrected chi connectivity index (χ4v) is 4.93. The van der Waals surface area contributed by atoms with Gasteiger partial charge in [0.1, 0.15) is 17.5 Å². The minimum atomic E-state index is -1.33. The van der Waals surface area contributed by atoms with E-state index in [2.05, 4.69) is 17.1 Å². The molecule has 170 valence electrons. The van der Waals surface area contributed by atoms with Gasteiger partial charge in [0, 0.05) is 32.3 Å². The second-order valence-electron chi connectivity index (χ2n) is 8.64. The number of carbonyl (C=O) groups excluding carboxylic acids is 1. The lowest BCUT2D eigenvalue weighted by molar-refractivity contribution is -0.115. The number of hydrogen-bond acceptors (Lipinski definition) is 6. The Kier molecular flexibility index (Phi) is 6.06. The molecular formula is C27H24N4O3. The Morgan fingerprint density at radius 2 is 1.74 bits per heavy atom. The van der Waals surface area contributed by atoms with Crippen molar-refractivity contribution < 1.29 is 14.6 Å². The molecule has 1 saturated carbocycles. The van der Waals surface area contributed by atoms with Gasteiger partial charge in [0.25, 0.3) is 0 Å². The highest BCUT2D eigenvalue weighted by atomic mass is 16.5. The Balaban J connectivity index is 0.000000499. The molecular weight excluding hydrogens is 428 g/mol. The van der Waals surface area contributed by atoms with Gasteiger partial charge in [0.2, 0.25) is 6.41 Å². The van der Waals surface area contributed by atoms with E-state index in [1.54, 1.807) is 32.3 Å². The van der Waals surface area contributed by atoms with Crippen LogP contribution < -0.4 is 4.74 Å². The van der Waals surface area contributed by atoms with Crippen LogP contribution in [0.15, 0.2) is 66.9 Å². The van der Waals surface area contributed by atoms with Crippen LogP contribution in [0.2, 0.25) is 0 Å². The summed E-state index contributed by atoms with van der Waals surface area (Å²) >= 11 is 0. The highest BCUT2D eigenvalue weighted by Crippen LogP contribution is 2.66. The summed E-state index contributed by atoms with van der Waals surface area (Å²) in [5.41, 5.74) is 0.862. The molecule has 34 heavy (non-hydrogen) atoms. The summed E-state index contributed by atoms with van der Waals surface area (Å²) < 4.78 is 6.54. The van der Waals surface area contributed by atoms with Crippen molar-refractivity contribution in [1.29, 1.82) is 10.5 Å². The zero-order valence-corrected chi connectivity index (χ0v) is 19.0. The van der Waals surface area contributed by atoms with E-state index < -0.39 is 11.2 Å². The Morgan fingerprint density at radius 3 is 2.32 bits per heavy atom. The first-order chi connectivity index (χ1) is 16.4. The minimum Gasteiger partial charge on any atom is -0.476 e. The molecule has 2 aromatic carbocycles. The maximum Gasteiger partial charge on any atom is 0.209 e. The number of nitrogens with zero attached hydrogens (tertiary/aromatic N) is 4. The molecule has 0 saturated heterocycles. The summed E-state index contributed by atoms with van der Waals surface area (Å²) in [5.74, 6) is 0.331. The predicted octanol–water partition coefficient (Wildman–Crippen LogP) is 3.58. The van der Waals surface area contributed by atoms with E-state index in [0.717, 1.165) is 24.0 Å². The zero-order chi connectivity index (χ0) is 24.3. The first-order valence-corrected chi connectivity index (χ1v) is 10.9. The van der Waals surface area contributed by atoms with Crippen LogP contribution in [-0.2, 0) is 16.0 Å². The van der Waals surface area contributed by atoms with Crippen molar-refractivity contribution in [3.05, 3.63) is 94.8 Å². The fourth-order valence-electron chi connectivity index (χ4n) is 4.93. The number of carbonyl (C=O) groups is 1. The third-order valence-electron chi connectivity index (χ3n) is 6.40. The molecule has 5 rings (SSSR count). The molecule has 0 spiro atoms. The lowest BCUT2D eigenvalue weighted by Gasteiger charge is -2.39. The van der Waals surface area contributed by atoms with Crippen molar-refractivity contribution in [3.8, 4) is 17.9 Å². The first-order valence-electron chi connectivity index (χ1n) is 10.9. The Morgan fingerprint density at radius 1 is 1.09 bits per heavy atom. The standard InChI is InChI=1S/C24H17N3O2.C3H7NO/c25-13-16-6-8-19(9-7-16)24-20(18-4-2-1-3-5-18)10-11-23(24,28)22-21(29-24)12-17(14-26)15-27-22;1-4(2)3-5/h1-9,12,15,20,28H,10-11H2;3H,1-2H3. The summed E-state index contributed by atoms with van der Waals surface area (Å²) in [6.45, 7) is 0. The van der Waals surface area contributed by atoms with Gasteiger partial charge in [-0.2, -0.15) is 10.5 Å². The lowest BCUT2D eigenvalue weighted by Crippen LogP contribution is -2.48. The number of fused-ring (bicyclic) bond motifs is 3. The van der Waals surface area contributed by atoms with Crippen LogP contribution in [0.5, 0.6) is 5.75 Å². The average Bonchev–Trinajstić information content (AvgIpc) is 3.31. The third-order valence-corrected chi connectivity index (χ3v) is 6.40. The van der Waals surface area contributed by atoms with Gasteiger partial charge in [0.15, 0.2) is 11.2 Å². The van der Waals surface area contributed by atoms with Crippen molar-refractivity contribution in [2.24, 2.45) is 0 Å². The number of aliphatic hydroxyl groups is 1. The summed E-state index contributed by atoms with van der Waals surface area (Å²) in [6.07, 6.45) is 3.44. The van der Waals surface area contributed by atoms with Gasteiger partial charge in [-0.15, -0.1) is 0 Å². The molecule has 3 unspecified atom stereocenters. The smallest absolute Gasteiger partial charge is 0.209 e. The monoisotopic (exact) mass is 452 g/mol. The second-order valence-corrected chi connectivity index (χ2v) is 8.64. The topological polar surface area (TPSA) is 110 Å². The molecule has 0 radical (unpaired) electrons. The van der Waals surface area contributed by atoms with Crippen molar-refractivity contribution in [1.82, 2.24) is 9.88 Å². The molecule has 1 N–H and O–H groups in total. The molecule has 1 aromatic heterocycles. The summed E-state index contributed by atoms with van der Waals surface area (Å²) in [6, 6.07) is 23.1. The number of pyridine rings is 1. The molecule has 7 nitrogen and oxygen atoms in total. The molecule has 1 fully saturated rings. The molecule has 1 amide bonds. The van der Waals surface area contributed by atoms with Gasteiger partial charge in [0.05, 0.1) is 17.2 Å². The lowest BCUT2D eigenvalue weighted by atomic mass is 9.72. The van der Waals surface area contributed by atoms with Crippen molar-refractivity contribution in [3.63, 3.8) is 0 Å². The fraction of sp³-hybridized carbons (Fsp3) is 0.259. The van der Waals surface area contributed by atoms with Crippen LogP contribution in [0.25, 0.3) is 0 Å². The van der Waals surface area contributed by atoms with Crippen LogP contribution in [0.1, 0.15) is 46.7 Å². The predicted molar refractivity (Wildman–Crippen MR) is 124 cm³/mol. The van der Waals surface area contributed by atoms with Gasteiger partial charge in [-0.25, -0.2) is 0 Å². The van der Waals surface area contributed by atoms with Gasteiger partial charge in [-0.3, -0.25) is 9.78 Å². The van der Waals surface area contributed by atoms with E-state index in [1.165, 1.54) is 11.1 Å². The molecule has 7 heteroatoms. The Bertz CT molecular complexity index is 1280. The quantitative estimate of drug-likeness (QED) is 0.608. The summed E-state index contributed by atoms with van der Waals surface area (Å²) in [5, 5.41) is 30.4. The van der Waals surface area contributed by atoms with Crippen LogP contribution in [-0.4, -0.2) is 35.5 Å². The number of amides is 1. The van der Waals surface area contributed by atoms with Crippen molar-refractivity contribution >= 4 is 6.41 Å². The highest BCUT2D eigenvalue weighted by molar-refractivity contribution is 5.53. The van der Waals surface area contributed by atoms with E-state index in [0.29, 0.717) is 29.0 Å². The summed E-state index contributed by atoms with van der Waals surface area (Å²) in [4.78, 5) is 15.3. The third kappa shape index (κ3) is 3.57. The van der Waals surface area contributed by atoms with E-state index in [4.69, 9.17) is 4.74 Å². The molecule has 2 aliphatic rings. The maximum absolute atomic E-state index is 12.0. The SMILES string of the molecule is CN(C)C=O.N#Cc1ccc(C23Oc4cc(C#N)cnc4C2(O)CCC3c2ccccc2)cc1. The molecule has 2 heterocycles. The van der Waals surface area contributed by atoms with E-state index in [1.807, 2.05) is 42.5 Å². The number of hydrogen-bond donors (Lipinski definition) is 1. The van der Waals surface area contributed by atoms with Gasteiger partial charge in [-0.05, 0) is 36.1 Å². The Labute approximate surface area is 198 Å². The Hall–Kier alpha value is -4.20. The molecule has 0 bridgehead atoms. The number of aromatic nitrogens is 1. The van der Waals surface area contributed by atoms with E-state index >= 15 is 0 Å². The van der Waals surface area contributed by atoms with Gasteiger partial charge in [-0.1, -0.05) is 42.5 Å². The number of benzene rings is 2. The largest absolute Gasteiger partial charge is 0.476 e. The van der Waals surface area contributed by atoms with Crippen LogP contribution in [0.3, 0.4) is 0 Å². The molecule has 3 atom stereocenters. The molecule has 1 aliphatic carbocycles. The minimum absolute atomic E-state index is 0.110. The summed E-state index contributed by atoms with van der Waals surface area (Å²) in [7, 11) is 3.38. The van der Waals surface area contributed by atoms with Crippen LogP contribution >= 0.6 is 0 Å². The van der Waals surface area contributed by atoms with Crippen molar-refractivity contribution in [2.45, 2.75) is 30.0 Å². The normalized spacial score (nSPS) is 23.7. The maximum atomic E-state index is 12.0. The second kappa shape index (κ2) is 8.97. The zero-order valence-electron chi connectivity index (χ0n) is 19.0. The van der Waals surface area contributed by atoms with Gasteiger partial charge >= 0.3 is 0 Å². The van der Waals surface area contributed by atoms with Crippen LogP contribution in [0.4, 0.5) is 0 Å². The highest BCUT2D eigenvalue weighted by Gasteiger charge is 2.69. The van der Waals surface area contributed by atoms with Crippen molar-refractivity contribution in [2.75, 3.05) is 14.1 Å². The number of rotatable bonds is 3. The molecule has 3 aromatic rings. The van der Waals surface area contributed by atoms with Gasteiger partial charge < -0.3 is 14.7 Å². The molecule has 1 aliphatic heterocycles.